The minimum Gasteiger partial charge on any atom is -0.493 e. The molecule has 0 bridgehead atoms. The molecule has 172 valence electrons. The standard InChI is InChI=1S/C29H34N2O2/c1-21-11-16-27(22(2)19-21)32-18-8-17-31-26-10-7-6-9-25(26)30-28(31)20-33-24-14-12-23(13-15-24)29(3,4)5/h6-7,9-16,19H,8,17-18,20H2,1-5H3. The number of aryl methyl sites for hydroxylation is 3. The summed E-state index contributed by atoms with van der Waals surface area (Å²) in [5.74, 6) is 2.75. The van der Waals surface area contributed by atoms with Crippen molar-refractivity contribution in [1.82, 2.24) is 9.55 Å². The van der Waals surface area contributed by atoms with Crippen molar-refractivity contribution < 1.29 is 9.47 Å². The van der Waals surface area contributed by atoms with E-state index in [2.05, 4.69) is 87.7 Å². The van der Waals surface area contributed by atoms with Gasteiger partial charge in [0, 0.05) is 6.54 Å². The van der Waals surface area contributed by atoms with E-state index in [1.807, 2.05) is 18.2 Å². The normalized spacial score (nSPS) is 11.7. The number of fused-ring (bicyclic) bond motifs is 1. The largest absolute Gasteiger partial charge is 0.493 e. The van der Waals surface area contributed by atoms with Crippen molar-refractivity contribution in [3.63, 3.8) is 0 Å². The second kappa shape index (κ2) is 9.70. The van der Waals surface area contributed by atoms with Crippen molar-refractivity contribution in [2.75, 3.05) is 6.61 Å². The zero-order valence-corrected chi connectivity index (χ0v) is 20.4. The van der Waals surface area contributed by atoms with Crippen molar-refractivity contribution in [3.8, 4) is 11.5 Å². The van der Waals surface area contributed by atoms with Gasteiger partial charge in [-0.1, -0.05) is 62.7 Å². The molecule has 0 aliphatic carbocycles. The molecule has 0 saturated carbocycles. The highest BCUT2D eigenvalue weighted by Gasteiger charge is 2.14. The van der Waals surface area contributed by atoms with Gasteiger partial charge < -0.3 is 14.0 Å². The van der Waals surface area contributed by atoms with Crippen LogP contribution in [0.1, 0.15) is 49.7 Å². The third-order valence-electron chi connectivity index (χ3n) is 5.94. The Morgan fingerprint density at radius 2 is 1.64 bits per heavy atom. The van der Waals surface area contributed by atoms with Gasteiger partial charge in [0.25, 0.3) is 0 Å². The molecule has 0 spiro atoms. The Kier molecular flexibility index (Phi) is 6.73. The Hall–Kier alpha value is -3.27. The first-order valence-corrected chi connectivity index (χ1v) is 11.7. The van der Waals surface area contributed by atoms with Crippen molar-refractivity contribution >= 4 is 11.0 Å². The van der Waals surface area contributed by atoms with Crippen LogP contribution in [0.4, 0.5) is 0 Å². The minimum absolute atomic E-state index is 0.131. The highest BCUT2D eigenvalue weighted by Crippen LogP contribution is 2.25. The van der Waals surface area contributed by atoms with Crippen LogP contribution in [0, 0.1) is 13.8 Å². The number of ether oxygens (including phenoxy) is 2. The zero-order chi connectivity index (χ0) is 23.4. The van der Waals surface area contributed by atoms with Gasteiger partial charge in [0.15, 0.2) is 0 Å². The van der Waals surface area contributed by atoms with Crippen LogP contribution in [0.5, 0.6) is 11.5 Å². The predicted octanol–water partition coefficient (Wildman–Crippen LogP) is 7.00. The summed E-state index contributed by atoms with van der Waals surface area (Å²) in [5, 5.41) is 0. The molecular formula is C29H34N2O2. The maximum atomic E-state index is 6.12. The molecule has 0 fully saturated rings. The van der Waals surface area contributed by atoms with Crippen LogP contribution in [0.25, 0.3) is 11.0 Å². The molecule has 0 atom stereocenters. The first-order chi connectivity index (χ1) is 15.8. The van der Waals surface area contributed by atoms with Gasteiger partial charge in [-0.15, -0.1) is 0 Å². The van der Waals surface area contributed by atoms with E-state index in [1.54, 1.807) is 0 Å². The quantitative estimate of drug-likeness (QED) is 0.276. The van der Waals surface area contributed by atoms with Crippen LogP contribution < -0.4 is 9.47 Å². The minimum atomic E-state index is 0.131. The number of benzene rings is 3. The summed E-state index contributed by atoms with van der Waals surface area (Å²) in [6.07, 6.45) is 0.890. The summed E-state index contributed by atoms with van der Waals surface area (Å²) >= 11 is 0. The maximum Gasteiger partial charge on any atom is 0.147 e. The number of nitrogens with zero attached hydrogens (tertiary/aromatic N) is 2. The molecule has 0 amide bonds. The molecule has 1 heterocycles. The summed E-state index contributed by atoms with van der Waals surface area (Å²) in [6, 6.07) is 22.9. The predicted molar refractivity (Wildman–Crippen MR) is 135 cm³/mol. The molecule has 1 aromatic heterocycles. The Morgan fingerprint density at radius 1 is 0.879 bits per heavy atom. The van der Waals surface area contributed by atoms with E-state index in [-0.39, 0.29) is 5.41 Å². The van der Waals surface area contributed by atoms with E-state index in [4.69, 9.17) is 14.5 Å². The highest BCUT2D eigenvalue weighted by atomic mass is 16.5. The Morgan fingerprint density at radius 3 is 2.36 bits per heavy atom. The number of hydrogen-bond donors (Lipinski definition) is 0. The lowest BCUT2D eigenvalue weighted by molar-refractivity contribution is 0.279. The van der Waals surface area contributed by atoms with Gasteiger partial charge in [-0.3, -0.25) is 0 Å². The van der Waals surface area contributed by atoms with E-state index in [0.717, 1.165) is 41.3 Å². The number of imidazole rings is 1. The highest BCUT2D eigenvalue weighted by molar-refractivity contribution is 5.75. The molecule has 4 heteroatoms. The molecule has 4 nitrogen and oxygen atoms in total. The van der Waals surface area contributed by atoms with Gasteiger partial charge >= 0.3 is 0 Å². The van der Waals surface area contributed by atoms with Crippen LogP contribution in [0.15, 0.2) is 66.7 Å². The molecule has 4 aromatic rings. The summed E-state index contributed by atoms with van der Waals surface area (Å²) in [7, 11) is 0. The second-order valence-electron chi connectivity index (χ2n) is 9.70. The van der Waals surface area contributed by atoms with Gasteiger partial charge in [-0.25, -0.2) is 4.98 Å². The molecular weight excluding hydrogens is 408 g/mol. The smallest absolute Gasteiger partial charge is 0.147 e. The SMILES string of the molecule is Cc1ccc(OCCCn2c(COc3ccc(C(C)(C)C)cc3)nc3ccccc32)c(C)c1. The Bertz CT molecular complexity index is 1220. The Labute approximate surface area is 197 Å². The average Bonchev–Trinajstić information content (AvgIpc) is 3.13. The number of aromatic nitrogens is 2. The van der Waals surface area contributed by atoms with Crippen molar-refractivity contribution in [1.29, 1.82) is 0 Å². The number of hydrogen-bond acceptors (Lipinski definition) is 3. The molecule has 0 unspecified atom stereocenters. The maximum absolute atomic E-state index is 6.12. The lowest BCUT2D eigenvalue weighted by Gasteiger charge is -2.19. The molecule has 0 aliphatic rings. The van der Waals surface area contributed by atoms with Crippen LogP contribution in [-0.2, 0) is 18.6 Å². The van der Waals surface area contributed by atoms with Gasteiger partial charge in [0.2, 0.25) is 0 Å². The van der Waals surface area contributed by atoms with E-state index < -0.39 is 0 Å². The van der Waals surface area contributed by atoms with E-state index in [0.29, 0.717) is 13.2 Å². The third kappa shape index (κ3) is 5.57. The van der Waals surface area contributed by atoms with Crippen molar-refractivity contribution in [2.45, 2.75) is 59.6 Å². The molecule has 4 rings (SSSR count). The molecule has 3 aromatic carbocycles. The van der Waals surface area contributed by atoms with Crippen molar-refractivity contribution in [3.05, 3.63) is 89.2 Å². The van der Waals surface area contributed by atoms with Gasteiger partial charge in [-0.05, 0) is 67.1 Å². The first kappa shape index (κ1) is 22.9. The third-order valence-corrected chi connectivity index (χ3v) is 5.94. The van der Waals surface area contributed by atoms with E-state index in [9.17, 15) is 0 Å². The van der Waals surface area contributed by atoms with Crippen LogP contribution in [0.2, 0.25) is 0 Å². The van der Waals surface area contributed by atoms with Gasteiger partial charge in [0.1, 0.15) is 23.9 Å². The van der Waals surface area contributed by atoms with Crippen molar-refractivity contribution in [2.24, 2.45) is 0 Å². The fourth-order valence-electron chi connectivity index (χ4n) is 4.05. The van der Waals surface area contributed by atoms with Gasteiger partial charge in [0.05, 0.1) is 17.6 Å². The monoisotopic (exact) mass is 442 g/mol. The number of para-hydroxylation sites is 2. The molecule has 0 aliphatic heterocycles. The fraction of sp³-hybridized carbons (Fsp3) is 0.345. The summed E-state index contributed by atoms with van der Waals surface area (Å²) in [6.45, 7) is 12.8. The first-order valence-electron chi connectivity index (χ1n) is 11.7. The summed E-state index contributed by atoms with van der Waals surface area (Å²) in [4.78, 5) is 4.84. The van der Waals surface area contributed by atoms with E-state index in [1.165, 1.54) is 16.7 Å². The fourth-order valence-corrected chi connectivity index (χ4v) is 4.05. The summed E-state index contributed by atoms with van der Waals surface area (Å²) < 4.78 is 14.4. The van der Waals surface area contributed by atoms with Gasteiger partial charge in [-0.2, -0.15) is 0 Å². The van der Waals surface area contributed by atoms with E-state index >= 15 is 0 Å². The topological polar surface area (TPSA) is 36.3 Å². The molecule has 0 radical (unpaired) electrons. The lowest BCUT2D eigenvalue weighted by atomic mass is 9.87. The second-order valence-corrected chi connectivity index (χ2v) is 9.70. The molecule has 33 heavy (non-hydrogen) atoms. The average molecular weight is 443 g/mol. The lowest BCUT2D eigenvalue weighted by Crippen LogP contribution is -2.11. The van der Waals surface area contributed by atoms with Crippen LogP contribution in [0.3, 0.4) is 0 Å². The zero-order valence-electron chi connectivity index (χ0n) is 20.4. The van der Waals surface area contributed by atoms with Crippen LogP contribution in [-0.4, -0.2) is 16.2 Å². The Balaban J connectivity index is 1.43. The molecule has 0 N–H and O–H groups in total. The number of rotatable bonds is 8. The van der Waals surface area contributed by atoms with Crippen LogP contribution >= 0.6 is 0 Å². The summed E-state index contributed by atoms with van der Waals surface area (Å²) in [5.41, 5.74) is 5.98. The molecule has 0 saturated heterocycles.